The standard InChI is InChI=1S/C22H28ClN3O5S/c1-17-3-6-19(7-4-17)32(28,29)26(18-5-8-21(30-2)20(23)15-18)16-22(27)24-9-10-25-11-13-31-14-12-25/h3-8,15H,9-14,16H2,1-2H3,(H,24,27). The van der Waals surface area contributed by atoms with E-state index < -0.39 is 15.9 Å². The zero-order chi connectivity index (χ0) is 23.1. The molecule has 1 N–H and O–H groups in total. The third-order valence-corrected chi connectivity index (χ3v) is 7.26. The summed E-state index contributed by atoms with van der Waals surface area (Å²) in [5.41, 5.74) is 1.21. The van der Waals surface area contributed by atoms with Gasteiger partial charge in [0.2, 0.25) is 5.91 Å². The van der Waals surface area contributed by atoms with Crippen LogP contribution >= 0.6 is 11.6 Å². The van der Waals surface area contributed by atoms with E-state index in [1.54, 1.807) is 24.3 Å². The number of halogens is 1. The van der Waals surface area contributed by atoms with Gasteiger partial charge in [-0.2, -0.15) is 0 Å². The van der Waals surface area contributed by atoms with Crippen LogP contribution in [-0.4, -0.2) is 72.3 Å². The van der Waals surface area contributed by atoms with Gasteiger partial charge in [-0.15, -0.1) is 0 Å². The third-order valence-electron chi connectivity index (χ3n) is 5.17. The number of aryl methyl sites for hydroxylation is 1. The van der Waals surface area contributed by atoms with Gasteiger partial charge in [-0.3, -0.25) is 14.0 Å². The number of morpholine rings is 1. The van der Waals surface area contributed by atoms with Crippen LogP contribution in [0, 0.1) is 6.92 Å². The van der Waals surface area contributed by atoms with Crippen molar-refractivity contribution in [1.82, 2.24) is 10.2 Å². The van der Waals surface area contributed by atoms with Crippen LogP contribution in [0.2, 0.25) is 5.02 Å². The van der Waals surface area contributed by atoms with Crippen molar-refractivity contribution in [1.29, 1.82) is 0 Å². The zero-order valence-electron chi connectivity index (χ0n) is 18.2. The summed E-state index contributed by atoms with van der Waals surface area (Å²) in [7, 11) is -2.53. The Kier molecular flexibility index (Phi) is 8.36. The van der Waals surface area contributed by atoms with E-state index >= 15 is 0 Å². The second-order valence-corrected chi connectivity index (χ2v) is 9.72. The fourth-order valence-electron chi connectivity index (χ4n) is 3.33. The van der Waals surface area contributed by atoms with E-state index in [1.165, 1.54) is 25.3 Å². The van der Waals surface area contributed by atoms with Gasteiger partial charge in [-0.25, -0.2) is 8.42 Å². The van der Waals surface area contributed by atoms with E-state index in [0.29, 0.717) is 32.1 Å². The fourth-order valence-corrected chi connectivity index (χ4v) is 4.99. The summed E-state index contributed by atoms with van der Waals surface area (Å²) in [5, 5.41) is 3.07. The summed E-state index contributed by atoms with van der Waals surface area (Å²) >= 11 is 6.23. The molecule has 0 radical (unpaired) electrons. The van der Waals surface area contributed by atoms with Crippen molar-refractivity contribution in [2.24, 2.45) is 0 Å². The molecule has 2 aromatic carbocycles. The number of sulfonamides is 1. The number of amides is 1. The van der Waals surface area contributed by atoms with Crippen LogP contribution in [0.1, 0.15) is 5.56 Å². The lowest BCUT2D eigenvalue weighted by atomic mass is 10.2. The number of nitrogens with zero attached hydrogens (tertiary/aromatic N) is 2. The van der Waals surface area contributed by atoms with Crippen molar-refractivity contribution >= 4 is 33.2 Å². The highest BCUT2D eigenvalue weighted by Crippen LogP contribution is 2.31. The van der Waals surface area contributed by atoms with Gasteiger partial charge < -0.3 is 14.8 Å². The van der Waals surface area contributed by atoms with Crippen LogP contribution in [0.3, 0.4) is 0 Å². The number of nitrogens with one attached hydrogen (secondary N) is 1. The minimum Gasteiger partial charge on any atom is -0.495 e. The molecule has 174 valence electrons. The summed E-state index contributed by atoms with van der Waals surface area (Å²) in [6, 6.07) is 11.1. The predicted octanol–water partition coefficient (Wildman–Crippen LogP) is 2.30. The maximum Gasteiger partial charge on any atom is 0.264 e. The molecule has 3 rings (SSSR count). The molecule has 2 aromatic rings. The van der Waals surface area contributed by atoms with Gasteiger partial charge in [0, 0.05) is 26.2 Å². The molecular formula is C22H28ClN3O5S. The van der Waals surface area contributed by atoms with Crippen molar-refractivity contribution in [3.8, 4) is 5.75 Å². The lowest BCUT2D eigenvalue weighted by Crippen LogP contribution is -2.44. The number of carbonyl (C=O) groups is 1. The number of methoxy groups -OCH3 is 1. The molecule has 1 fully saturated rings. The summed E-state index contributed by atoms with van der Waals surface area (Å²) < 4.78 is 38.4. The second-order valence-electron chi connectivity index (χ2n) is 7.45. The normalized spacial score (nSPS) is 14.7. The zero-order valence-corrected chi connectivity index (χ0v) is 19.8. The van der Waals surface area contributed by atoms with Crippen LogP contribution in [0.25, 0.3) is 0 Å². The molecule has 0 atom stereocenters. The maximum absolute atomic E-state index is 13.4. The number of ether oxygens (including phenoxy) is 2. The molecule has 0 aliphatic carbocycles. The quantitative estimate of drug-likeness (QED) is 0.591. The van der Waals surface area contributed by atoms with Gasteiger partial charge >= 0.3 is 0 Å². The first-order valence-electron chi connectivity index (χ1n) is 10.3. The summed E-state index contributed by atoms with van der Waals surface area (Å²) in [5.74, 6) is 0.0129. The Labute approximate surface area is 194 Å². The largest absolute Gasteiger partial charge is 0.495 e. The van der Waals surface area contributed by atoms with Gasteiger partial charge in [0.25, 0.3) is 10.0 Å². The number of benzene rings is 2. The van der Waals surface area contributed by atoms with E-state index in [0.717, 1.165) is 23.0 Å². The van der Waals surface area contributed by atoms with E-state index in [4.69, 9.17) is 21.1 Å². The van der Waals surface area contributed by atoms with Crippen molar-refractivity contribution in [3.63, 3.8) is 0 Å². The van der Waals surface area contributed by atoms with Crippen molar-refractivity contribution in [2.75, 3.05) is 57.4 Å². The average molecular weight is 482 g/mol. The molecule has 1 aliphatic rings. The molecule has 0 spiro atoms. The highest BCUT2D eigenvalue weighted by Gasteiger charge is 2.28. The molecule has 1 heterocycles. The Morgan fingerprint density at radius 2 is 1.88 bits per heavy atom. The molecule has 10 heteroatoms. The molecule has 0 unspecified atom stereocenters. The van der Waals surface area contributed by atoms with Crippen molar-refractivity contribution < 1.29 is 22.7 Å². The first-order valence-corrected chi connectivity index (χ1v) is 12.1. The molecular weight excluding hydrogens is 454 g/mol. The lowest BCUT2D eigenvalue weighted by molar-refractivity contribution is -0.119. The van der Waals surface area contributed by atoms with E-state index in [9.17, 15) is 13.2 Å². The number of hydrogen-bond donors (Lipinski definition) is 1. The number of anilines is 1. The van der Waals surface area contributed by atoms with Crippen LogP contribution in [0.5, 0.6) is 5.75 Å². The first kappa shape index (κ1) is 24.3. The predicted molar refractivity (Wildman–Crippen MR) is 124 cm³/mol. The van der Waals surface area contributed by atoms with Crippen LogP contribution in [-0.2, 0) is 19.6 Å². The van der Waals surface area contributed by atoms with E-state index in [-0.39, 0.29) is 22.2 Å². The molecule has 8 nitrogen and oxygen atoms in total. The molecule has 1 saturated heterocycles. The van der Waals surface area contributed by atoms with Gasteiger partial charge in [0.15, 0.2) is 0 Å². The van der Waals surface area contributed by atoms with E-state index in [2.05, 4.69) is 10.2 Å². The highest BCUT2D eigenvalue weighted by molar-refractivity contribution is 7.92. The summed E-state index contributed by atoms with van der Waals surface area (Å²) in [6.07, 6.45) is 0. The molecule has 0 saturated carbocycles. The Morgan fingerprint density at radius 3 is 2.50 bits per heavy atom. The number of rotatable bonds is 9. The Balaban J connectivity index is 1.79. The molecule has 0 aromatic heterocycles. The lowest BCUT2D eigenvalue weighted by Gasteiger charge is -2.27. The van der Waals surface area contributed by atoms with Crippen molar-refractivity contribution in [2.45, 2.75) is 11.8 Å². The topological polar surface area (TPSA) is 88.2 Å². The van der Waals surface area contributed by atoms with Crippen LogP contribution in [0.15, 0.2) is 47.4 Å². The number of carbonyl (C=O) groups excluding carboxylic acids is 1. The van der Waals surface area contributed by atoms with Gasteiger partial charge in [0.1, 0.15) is 12.3 Å². The van der Waals surface area contributed by atoms with E-state index in [1.807, 2.05) is 6.92 Å². The third kappa shape index (κ3) is 6.13. The maximum atomic E-state index is 13.4. The average Bonchev–Trinajstić information content (AvgIpc) is 2.78. The molecule has 32 heavy (non-hydrogen) atoms. The minimum absolute atomic E-state index is 0.0937. The Bertz CT molecular complexity index is 1020. The molecule has 1 aliphatic heterocycles. The van der Waals surface area contributed by atoms with Gasteiger partial charge in [-0.05, 0) is 37.3 Å². The van der Waals surface area contributed by atoms with Gasteiger partial charge in [-0.1, -0.05) is 29.3 Å². The number of hydrogen-bond acceptors (Lipinski definition) is 6. The first-order chi connectivity index (χ1) is 15.3. The Hall–Kier alpha value is -2.33. The van der Waals surface area contributed by atoms with Crippen LogP contribution in [0.4, 0.5) is 5.69 Å². The summed E-state index contributed by atoms with van der Waals surface area (Å²) in [6.45, 7) is 5.57. The second kappa shape index (κ2) is 11.0. The SMILES string of the molecule is COc1ccc(N(CC(=O)NCCN2CCOCC2)S(=O)(=O)c2ccc(C)cc2)cc1Cl. The summed E-state index contributed by atoms with van der Waals surface area (Å²) in [4.78, 5) is 15.0. The fraction of sp³-hybridized carbons (Fsp3) is 0.409. The Morgan fingerprint density at radius 1 is 1.19 bits per heavy atom. The smallest absolute Gasteiger partial charge is 0.264 e. The monoisotopic (exact) mass is 481 g/mol. The van der Waals surface area contributed by atoms with Gasteiger partial charge in [0.05, 0.1) is 35.9 Å². The van der Waals surface area contributed by atoms with Crippen LogP contribution < -0.4 is 14.4 Å². The molecule has 1 amide bonds. The molecule has 0 bridgehead atoms. The highest BCUT2D eigenvalue weighted by atomic mass is 35.5. The van der Waals surface area contributed by atoms with Crippen molar-refractivity contribution in [3.05, 3.63) is 53.1 Å². The minimum atomic E-state index is -4.00.